The zero-order chi connectivity index (χ0) is 15.2. The first-order valence-electron chi connectivity index (χ1n) is 6.51. The van der Waals surface area contributed by atoms with Crippen molar-refractivity contribution < 1.29 is 14.3 Å². The number of anilines is 1. The minimum absolute atomic E-state index is 0.240. The van der Waals surface area contributed by atoms with Gasteiger partial charge in [0.2, 0.25) is 0 Å². The third kappa shape index (κ3) is 3.76. The Labute approximate surface area is 127 Å². The van der Waals surface area contributed by atoms with E-state index >= 15 is 0 Å². The van der Waals surface area contributed by atoms with Crippen molar-refractivity contribution in [1.29, 1.82) is 0 Å². The molecule has 0 amide bonds. The minimum atomic E-state index is -0.964. The van der Waals surface area contributed by atoms with Gasteiger partial charge in [0, 0.05) is 17.1 Å². The Kier molecular flexibility index (Phi) is 5.22. The maximum absolute atomic E-state index is 13.5. The molecular formula is C16H16FNO2S. The summed E-state index contributed by atoms with van der Waals surface area (Å²) in [7, 11) is 0. The van der Waals surface area contributed by atoms with Crippen molar-refractivity contribution in [3.05, 3.63) is 59.4 Å². The van der Waals surface area contributed by atoms with Crippen LogP contribution in [0.15, 0.2) is 47.4 Å². The van der Waals surface area contributed by atoms with Gasteiger partial charge in [0.05, 0.1) is 5.56 Å². The van der Waals surface area contributed by atoms with Gasteiger partial charge in [0.25, 0.3) is 0 Å². The quantitative estimate of drug-likeness (QED) is 0.795. The number of benzene rings is 2. The lowest BCUT2D eigenvalue weighted by Gasteiger charge is -2.12. The van der Waals surface area contributed by atoms with E-state index < -0.39 is 5.97 Å². The molecule has 0 heterocycles. The Balaban J connectivity index is 2.10. The van der Waals surface area contributed by atoms with Crippen LogP contribution in [0.3, 0.4) is 0 Å². The van der Waals surface area contributed by atoms with Crippen LogP contribution in [0.2, 0.25) is 0 Å². The summed E-state index contributed by atoms with van der Waals surface area (Å²) in [5.74, 6) is -1.20. The van der Waals surface area contributed by atoms with Gasteiger partial charge < -0.3 is 10.4 Å². The lowest BCUT2D eigenvalue weighted by Crippen LogP contribution is -2.11. The molecule has 0 aromatic heterocycles. The topological polar surface area (TPSA) is 49.3 Å². The minimum Gasteiger partial charge on any atom is -0.478 e. The molecule has 0 aliphatic rings. The lowest BCUT2D eigenvalue weighted by atomic mass is 10.1. The monoisotopic (exact) mass is 305 g/mol. The molecule has 2 N–H and O–H groups in total. The highest BCUT2D eigenvalue weighted by Crippen LogP contribution is 2.27. The maximum Gasteiger partial charge on any atom is 0.338 e. The molecule has 0 aliphatic heterocycles. The number of carboxylic acid groups (broad SMARTS) is 1. The number of carbonyl (C=O) groups is 1. The second-order valence-electron chi connectivity index (χ2n) is 4.46. The molecule has 0 spiro atoms. The van der Waals surface area contributed by atoms with Crippen LogP contribution in [0.25, 0.3) is 0 Å². The molecule has 21 heavy (non-hydrogen) atoms. The van der Waals surface area contributed by atoms with Gasteiger partial charge in [-0.05, 0) is 36.4 Å². The smallest absolute Gasteiger partial charge is 0.338 e. The van der Waals surface area contributed by atoms with Crippen molar-refractivity contribution >= 4 is 23.4 Å². The molecule has 0 saturated heterocycles. The summed E-state index contributed by atoms with van der Waals surface area (Å²) in [6.07, 6.45) is 2.33. The van der Waals surface area contributed by atoms with Crippen LogP contribution in [0, 0.1) is 5.82 Å². The number of hydrogen-bond acceptors (Lipinski definition) is 3. The van der Waals surface area contributed by atoms with Crippen molar-refractivity contribution in [2.75, 3.05) is 18.1 Å². The summed E-state index contributed by atoms with van der Waals surface area (Å²) in [5, 5.41) is 12.4. The summed E-state index contributed by atoms with van der Waals surface area (Å²) in [4.78, 5) is 12.1. The van der Waals surface area contributed by atoms with Gasteiger partial charge in [0.1, 0.15) is 5.82 Å². The zero-order valence-corrected chi connectivity index (χ0v) is 12.4. The number of rotatable bonds is 6. The van der Waals surface area contributed by atoms with Crippen molar-refractivity contribution in [3.63, 3.8) is 0 Å². The van der Waals surface area contributed by atoms with Crippen molar-refractivity contribution in [1.82, 2.24) is 0 Å². The van der Waals surface area contributed by atoms with E-state index in [0.717, 1.165) is 0 Å². The Morgan fingerprint density at radius 2 is 2.00 bits per heavy atom. The SMILES string of the molecule is CSc1cccc(NCCc2ccccc2F)c1C(=O)O. The third-order valence-electron chi connectivity index (χ3n) is 3.13. The van der Waals surface area contributed by atoms with Crippen molar-refractivity contribution in [2.45, 2.75) is 11.3 Å². The second-order valence-corrected chi connectivity index (χ2v) is 5.30. The van der Waals surface area contributed by atoms with Gasteiger partial charge in [-0.15, -0.1) is 11.8 Å². The fraction of sp³-hybridized carbons (Fsp3) is 0.188. The highest BCUT2D eigenvalue weighted by Gasteiger charge is 2.14. The first-order chi connectivity index (χ1) is 10.1. The molecule has 110 valence electrons. The first kappa shape index (κ1) is 15.4. The Morgan fingerprint density at radius 1 is 1.24 bits per heavy atom. The standard InChI is InChI=1S/C16H16FNO2S/c1-21-14-8-4-7-13(15(14)16(19)20)18-10-9-11-5-2-3-6-12(11)17/h2-8,18H,9-10H2,1H3,(H,19,20). The lowest BCUT2D eigenvalue weighted by molar-refractivity contribution is 0.0694. The van der Waals surface area contributed by atoms with Crippen LogP contribution in [0.1, 0.15) is 15.9 Å². The predicted octanol–water partition coefficient (Wildman–Crippen LogP) is 3.90. The molecule has 2 aromatic carbocycles. The fourth-order valence-electron chi connectivity index (χ4n) is 2.10. The number of aromatic carboxylic acids is 1. The number of halogens is 1. The van der Waals surface area contributed by atoms with Crippen molar-refractivity contribution in [3.8, 4) is 0 Å². The Bertz CT molecular complexity index is 646. The van der Waals surface area contributed by atoms with E-state index in [1.807, 2.05) is 12.3 Å². The van der Waals surface area contributed by atoms with E-state index in [4.69, 9.17) is 0 Å². The van der Waals surface area contributed by atoms with E-state index in [-0.39, 0.29) is 11.4 Å². The predicted molar refractivity (Wildman–Crippen MR) is 83.8 cm³/mol. The second kappa shape index (κ2) is 7.13. The highest BCUT2D eigenvalue weighted by atomic mass is 32.2. The van der Waals surface area contributed by atoms with E-state index in [0.29, 0.717) is 29.1 Å². The van der Waals surface area contributed by atoms with Crippen LogP contribution < -0.4 is 5.32 Å². The zero-order valence-electron chi connectivity index (χ0n) is 11.6. The summed E-state index contributed by atoms with van der Waals surface area (Å²) in [6, 6.07) is 11.9. The molecule has 0 atom stereocenters. The molecule has 0 bridgehead atoms. The molecule has 2 rings (SSSR count). The fourth-order valence-corrected chi connectivity index (χ4v) is 2.72. The van der Waals surface area contributed by atoms with E-state index in [1.54, 1.807) is 30.3 Å². The summed E-state index contributed by atoms with van der Waals surface area (Å²) in [6.45, 7) is 0.471. The molecule has 0 saturated carbocycles. The van der Waals surface area contributed by atoms with Crippen LogP contribution in [0.4, 0.5) is 10.1 Å². The summed E-state index contributed by atoms with van der Waals surface area (Å²) in [5.41, 5.74) is 1.44. The van der Waals surface area contributed by atoms with E-state index in [9.17, 15) is 14.3 Å². The van der Waals surface area contributed by atoms with Gasteiger partial charge in [-0.2, -0.15) is 0 Å². The molecule has 0 radical (unpaired) electrons. The van der Waals surface area contributed by atoms with Crippen LogP contribution in [-0.2, 0) is 6.42 Å². The number of carboxylic acids is 1. The molecule has 0 fully saturated rings. The largest absolute Gasteiger partial charge is 0.478 e. The van der Waals surface area contributed by atoms with Gasteiger partial charge in [-0.3, -0.25) is 0 Å². The molecule has 3 nitrogen and oxygen atoms in total. The average molecular weight is 305 g/mol. The van der Waals surface area contributed by atoms with Crippen molar-refractivity contribution in [2.24, 2.45) is 0 Å². The average Bonchev–Trinajstić information content (AvgIpc) is 2.48. The van der Waals surface area contributed by atoms with Crippen LogP contribution >= 0.6 is 11.8 Å². The van der Waals surface area contributed by atoms with Gasteiger partial charge in [0.15, 0.2) is 0 Å². The Hall–Kier alpha value is -2.01. The first-order valence-corrected chi connectivity index (χ1v) is 7.73. The van der Waals surface area contributed by atoms with E-state index in [1.165, 1.54) is 17.8 Å². The normalized spacial score (nSPS) is 10.4. The molecule has 0 unspecified atom stereocenters. The van der Waals surface area contributed by atoms with Crippen LogP contribution in [0.5, 0.6) is 0 Å². The molecule has 2 aromatic rings. The molecule has 0 aliphatic carbocycles. The summed E-state index contributed by atoms with van der Waals surface area (Å²) < 4.78 is 13.5. The van der Waals surface area contributed by atoms with Gasteiger partial charge in [-0.25, -0.2) is 9.18 Å². The number of thioether (sulfide) groups is 1. The summed E-state index contributed by atoms with van der Waals surface area (Å²) >= 11 is 1.39. The Morgan fingerprint density at radius 3 is 2.67 bits per heavy atom. The highest BCUT2D eigenvalue weighted by molar-refractivity contribution is 7.98. The molecule has 5 heteroatoms. The third-order valence-corrected chi connectivity index (χ3v) is 3.91. The van der Waals surface area contributed by atoms with E-state index in [2.05, 4.69) is 5.32 Å². The van der Waals surface area contributed by atoms with Gasteiger partial charge >= 0.3 is 5.97 Å². The van der Waals surface area contributed by atoms with Gasteiger partial charge in [-0.1, -0.05) is 24.3 Å². The maximum atomic E-state index is 13.5. The molecular weight excluding hydrogens is 289 g/mol. The van der Waals surface area contributed by atoms with Crippen LogP contribution in [-0.4, -0.2) is 23.9 Å². The number of nitrogens with one attached hydrogen (secondary N) is 1. The number of hydrogen-bond donors (Lipinski definition) is 2.